The molecule has 6 rings (SSSR count). The smallest absolute Gasteiger partial charge is 0.326 e. The summed E-state index contributed by atoms with van der Waals surface area (Å²) in [6, 6.07) is 36.7. The van der Waals surface area contributed by atoms with Gasteiger partial charge in [-0.3, -0.25) is 0 Å². The highest BCUT2D eigenvalue weighted by Gasteiger charge is 2.29. The predicted octanol–water partition coefficient (Wildman–Crippen LogP) is 19.4. The summed E-state index contributed by atoms with van der Waals surface area (Å²) in [7, 11) is -3.11. The van der Waals surface area contributed by atoms with Gasteiger partial charge in [0.1, 0.15) is 23.0 Å². The van der Waals surface area contributed by atoms with Crippen LogP contribution < -0.4 is 28.7 Å². The Hall–Kier alpha value is -4.62. The molecule has 0 heterocycles. The monoisotopic (exact) mass is 1030 g/mol. The van der Waals surface area contributed by atoms with E-state index in [1.807, 2.05) is 0 Å². The van der Waals surface area contributed by atoms with Crippen molar-refractivity contribution in [1.82, 2.24) is 0 Å². The normalized spacial score (nSPS) is 11.5. The van der Waals surface area contributed by atoms with Gasteiger partial charge in [0.2, 0.25) is 0 Å². The summed E-state index contributed by atoms with van der Waals surface area (Å²) in [6.45, 7) is 27.3. The lowest BCUT2D eigenvalue weighted by atomic mass is 9.95. The number of hydrogen-bond donors (Lipinski definition) is 0. The first-order valence-electron chi connectivity index (χ1n) is 29.3. The molecule has 6 aromatic carbocycles. The molecule has 398 valence electrons. The van der Waals surface area contributed by atoms with E-state index in [9.17, 15) is 0 Å². The highest BCUT2D eigenvalue weighted by molar-refractivity contribution is 7.57. The van der Waals surface area contributed by atoms with Gasteiger partial charge in [0.15, 0.2) is 0 Å². The molecule has 0 radical (unpaired) electrons. The molecule has 0 amide bonds. The summed E-state index contributed by atoms with van der Waals surface area (Å²) >= 11 is 0. The van der Waals surface area contributed by atoms with Crippen molar-refractivity contribution in [3.05, 3.63) is 164 Å². The molecule has 0 aliphatic rings. The highest BCUT2D eigenvalue weighted by Crippen LogP contribution is 2.49. The van der Waals surface area contributed by atoms with Crippen molar-refractivity contribution in [2.24, 2.45) is 0 Å². The molecule has 4 nitrogen and oxygen atoms in total. The Balaban J connectivity index is 1.46. The first kappa shape index (κ1) is 58.6. The van der Waals surface area contributed by atoms with Gasteiger partial charge in [-0.15, -0.1) is 0 Å². The summed E-state index contributed by atoms with van der Waals surface area (Å²) < 4.78 is 29.9. The molecule has 6 aromatic rings. The molecular formula is C68H92O4P2. The van der Waals surface area contributed by atoms with Gasteiger partial charge < -0.3 is 18.1 Å². The van der Waals surface area contributed by atoms with Gasteiger partial charge in [-0.2, -0.15) is 0 Å². The van der Waals surface area contributed by atoms with E-state index in [2.05, 4.69) is 180 Å². The first-order chi connectivity index (χ1) is 36.2. The minimum Gasteiger partial charge on any atom is -0.435 e. The second kappa shape index (κ2) is 30.2. The van der Waals surface area contributed by atoms with E-state index < -0.39 is 16.8 Å². The molecule has 0 aromatic heterocycles. The molecule has 0 bridgehead atoms. The molecule has 0 unspecified atom stereocenters. The standard InChI is InChI=1S/C68H92O4P2/c1-13-25-55-37-33-49(21-9)61(29-17-5)65(55)69-73(70-66-56(26-14-2)38-34-50(22-10)62(66)30-18-6)59-45-41-53(42-46-59)54-43-47-60(48-44-54)74(71-67-57(27-15-3)39-35-51(23-11)63(67)31-19-7)72-68-58(28-16-4)40-36-52(24-12)64(68)32-20-8/h33-48H,13-32H2,1-12H3. The molecular weight excluding hydrogens is 943 g/mol. The third-order valence-electron chi connectivity index (χ3n) is 14.5. The Morgan fingerprint density at radius 2 is 0.446 bits per heavy atom. The molecule has 0 saturated heterocycles. The summed E-state index contributed by atoms with van der Waals surface area (Å²) in [4.78, 5) is 0. The molecule has 0 saturated carbocycles. The largest absolute Gasteiger partial charge is 0.435 e. The van der Waals surface area contributed by atoms with Gasteiger partial charge in [0, 0.05) is 0 Å². The zero-order chi connectivity index (χ0) is 53.0. The Morgan fingerprint density at radius 3 is 0.635 bits per heavy atom. The van der Waals surface area contributed by atoms with Gasteiger partial charge in [0.25, 0.3) is 0 Å². The summed E-state index contributed by atoms with van der Waals surface area (Å²) in [5.41, 5.74) is 18.3. The minimum absolute atomic E-state index is 0.968. The van der Waals surface area contributed by atoms with Crippen molar-refractivity contribution in [2.75, 3.05) is 0 Å². The fraction of sp³-hybridized carbons (Fsp3) is 0.471. The number of hydrogen-bond acceptors (Lipinski definition) is 4. The Labute approximate surface area is 452 Å². The molecule has 74 heavy (non-hydrogen) atoms. The zero-order valence-electron chi connectivity index (χ0n) is 47.9. The van der Waals surface area contributed by atoms with Gasteiger partial charge >= 0.3 is 16.8 Å². The van der Waals surface area contributed by atoms with Crippen LogP contribution in [0.3, 0.4) is 0 Å². The van der Waals surface area contributed by atoms with Crippen LogP contribution in [0.4, 0.5) is 0 Å². The predicted molar refractivity (Wildman–Crippen MR) is 323 cm³/mol. The van der Waals surface area contributed by atoms with Crippen LogP contribution in [-0.2, 0) is 77.0 Å². The Kier molecular flexibility index (Phi) is 23.9. The number of aryl methyl sites for hydroxylation is 8. The average Bonchev–Trinajstić information content (AvgIpc) is 3.42. The fourth-order valence-corrected chi connectivity index (χ4v) is 13.6. The van der Waals surface area contributed by atoms with Crippen molar-refractivity contribution in [3.8, 4) is 34.1 Å². The van der Waals surface area contributed by atoms with Crippen molar-refractivity contribution < 1.29 is 18.1 Å². The zero-order valence-corrected chi connectivity index (χ0v) is 49.7. The third kappa shape index (κ3) is 14.4. The second-order valence-electron chi connectivity index (χ2n) is 20.2. The van der Waals surface area contributed by atoms with Crippen LogP contribution in [0.1, 0.15) is 201 Å². The van der Waals surface area contributed by atoms with E-state index >= 15 is 0 Å². The molecule has 0 aliphatic heterocycles. The second-order valence-corrected chi connectivity index (χ2v) is 22.9. The van der Waals surface area contributed by atoms with Crippen LogP contribution in [0.2, 0.25) is 0 Å². The molecule has 0 spiro atoms. The van der Waals surface area contributed by atoms with E-state index in [-0.39, 0.29) is 0 Å². The Bertz CT molecular complexity index is 2340. The molecule has 0 atom stereocenters. The average molecular weight is 1040 g/mol. The van der Waals surface area contributed by atoms with E-state index in [1.54, 1.807) is 0 Å². The summed E-state index contributed by atoms with van der Waals surface area (Å²) in [5.74, 6) is 4.15. The minimum atomic E-state index is -1.56. The van der Waals surface area contributed by atoms with Gasteiger partial charge in [-0.25, -0.2) is 0 Å². The SMILES string of the molecule is CCCc1ccc(CC)c(CCC)c1OP(Oc1c(CCC)ccc(CC)c1CCC)c1ccc(-c2ccc(P(Oc3c(CCC)ccc(CC)c3CCC)Oc3c(CCC)ccc(CC)c3CCC)cc2)cc1. The lowest BCUT2D eigenvalue weighted by Gasteiger charge is -2.27. The maximum absolute atomic E-state index is 7.48. The maximum Gasteiger partial charge on any atom is 0.326 e. The van der Waals surface area contributed by atoms with E-state index in [0.29, 0.717) is 0 Å². The fourth-order valence-electron chi connectivity index (χ4n) is 10.7. The van der Waals surface area contributed by atoms with Crippen molar-refractivity contribution in [2.45, 2.75) is 212 Å². The van der Waals surface area contributed by atoms with Crippen LogP contribution in [0.25, 0.3) is 11.1 Å². The molecule has 0 N–H and O–H groups in total. The van der Waals surface area contributed by atoms with Crippen LogP contribution in [0, 0.1) is 0 Å². The quantitative estimate of drug-likeness (QED) is 0.0407. The first-order valence-corrected chi connectivity index (χ1v) is 31.6. The number of rotatable bonds is 31. The van der Waals surface area contributed by atoms with Crippen LogP contribution in [0.5, 0.6) is 23.0 Å². The van der Waals surface area contributed by atoms with Crippen molar-refractivity contribution >= 4 is 27.4 Å². The van der Waals surface area contributed by atoms with Gasteiger partial charge in [-0.1, -0.05) is 207 Å². The highest BCUT2D eigenvalue weighted by atomic mass is 31.2. The summed E-state index contributed by atoms with van der Waals surface area (Å²) in [6.07, 6.45) is 20.1. The molecule has 0 aliphatic carbocycles. The molecule has 6 heteroatoms. The van der Waals surface area contributed by atoms with Crippen LogP contribution in [-0.4, -0.2) is 0 Å². The number of benzene rings is 6. The lowest BCUT2D eigenvalue weighted by Crippen LogP contribution is -2.15. The third-order valence-corrected chi connectivity index (χ3v) is 17.4. The van der Waals surface area contributed by atoms with Crippen molar-refractivity contribution in [1.29, 1.82) is 0 Å². The van der Waals surface area contributed by atoms with Gasteiger partial charge in [-0.05, 0) is 179 Å². The Morgan fingerprint density at radius 1 is 0.243 bits per heavy atom. The van der Waals surface area contributed by atoms with Crippen LogP contribution in [0.15, 0.2) is 97.1 Å². The van der Waals surface area contributed by atoms with Crippen LogP contribution >= 0.6 is 16.8 Å². The lowest BCUT2D eigenvalue weighted by molar-refractivity contribution is 0.484. The topological polar surface area (TPSA) is 36.9 Å². The van der Waals surface area contributed by atoms with Gasteiger partial charge in [0.05, 0.1) is 10.6 Å². The van der Waals surface area contributed by atoms with E-state index in [1.165, 1.54) is 66.8 Å². The van der Waals surface area contributed by atoms with E-state index in [0.717, 1.165) is 173 Å². The molecule has 0 fully saturated rings. The van der Waals surface area contributed by atoms with Crippen molar-refractivity contribution in [3.63, 3.8) is 0 Å². The van der Waals surface area contributed by atoms with E-state index in [4.69, 9.17) is 18.1 Å². The maximum atomic E-state index is 7.48. The summed E-state index contributed by atoms with van der Waals surface area (Å²) in [5, 5.41) is 2.15.